The Morgan fingerprint density at radius 3 is 2.41 bits per heavy atom. The molecule has 0 saturated carbocycles. The Labute approximate surface area is 173 Å². The van der Waals surface area contributed by atoms with E-state index in [4.69, 9.17) is 4.74 Å². The Bertz CT molecular complexity index is 900. The van der Waals surface area contributed by atoms with Crippen LogP contribution < -0.4 is 14.4 Å². The number of ether oxygens (including phenoxy) is 1. The molecule has 0 aliphatic heterocycles. The number of anilines is 1. The number of methoxy groups -OCH3 is 1. The van der Waals surface area contributed by atoms with E-state index in [0.717, 1.165) is 19.1 Å². The summed E-state index contributed by atoms with van der Waals surface area (Å²) in [6.07, 6.45) is 3.07. The lowest BCUT2D eigenvalue weighted by Crippen LogP contribution is -2.51. The molecule has 2 aromatic carbocycles. The second-order valence-corrected chi connectivity index (χ2v) is 8.98. The van der Waals surface area contributed by atoms with Crippen molar-refractivity contribution in [3.05, 3.63) is 60.2 Å². The van der Waals surface area contributed by atoms with Crippen LogP contribution in [-0.4, -0.2) is 39.8 Å². The maximum atomic E-state index is 13.0. The van der Waals surface area contributed by atoms with Gasteiger partial charge in [-0.2, -0.15) is 0 Å². The molecule has 7 heteroatoms. The highest BCUT2D eigenvalue weighted by Gasteiger charge is 2.32. The number of benzene rings is 2. The molecule has 29 heavy (non-hydrogen) atoms. The summed E-state index contributed by atoms with van der Waals surface area (Å²) in [6, 6.07) is 15.9. The minimum atomic E-state index is -3.67. The van der Waals surface area contributed by atoms with Gasteiger partial charge in [-0.1, -0.05) is 43.3 Å². The van der Waals surface area contributed by atoms with Gasteiger partial charge in [0, 0.05) is 12.1 Å². The lowest BCUT2D eigenvalue weighted by molar-refractivity contribution is -0.122. The Kier molecular flexibility index (Phi) is 8.08. The number of amides is 1. The van der Waals surface area contributed by atoms with Gasteiger partial charge in [0.15, 0.2) is 0 Å². The third-order valence-corrected chi connectivity index (χ3v) is 5.91. The number of sulfonamides is 1. The molecule has 0 saturated heterocycles. The fourth-order valence-corrected chi connectivity index (χ4v) is 4.45. The molecule has 6 nitrogen and oxygen atoms in total. The van der Waals surface area contributed by atoms with Crippen molar-refractivity contribution in [3.8, 4) is 5.75 Å². The summed E-state index contributed by atoms with van der Waals surface area (Å²) in [7, 11) is -2.16. The molecular weight excluding hydrogens is 388 g/mol. The van der Waals surface area contributed by atoms with Crippen molar-refractivity contribution in [3.63, 3.8) is 0 Å². The fourth-order valence-electron chi connectivity index (χ4n) is 3.25. The summed E-state index contributed by atoms with van der Waals surface area (Å²) < 4.78 is 31.5. The SMILES string of the molecule is CC[C@@H](C(=O)N[C@@H](C)CCc1ccccc1)N(c1cccc(OC)c1)S(C)(=O)=O. The van der Waals surface area contributed by atoms with Crippen LogP contribution in [0.4, 0.5) is 5.69 Å². The van der Waals surface area contributed by atoms with E-state index in [2.05, 4.69) is 17.4 Å². The van der Waals surface area contributed by atoms with Crippen molar-refractivity contribution >= 4 is 21.6 Å². The molecule has 2 atom stereocenters. The first-order valence-corrected chi connectivity index (χ1v) is 11.6. The molecule has 0 aromatic heterocycles. The summed E-state index contributed by atoms with van der Waals surface area (Å²) in [6.45, 7) is 3.74. The van der Waals surface area contributed by atoms with Crippen molar-refractivity contribution in [2.75, 3.05) is 17.7 Å². The first-order chi connectivity index (χ1) is 13.8. The monoisotopic (exact) mass is 418 g/mol. The lowest BCUT2D eigenvalue weighted by atomic mass is 10.1. The number of aryl methyl sites for hydroxylation is 1. The van der Waals surface area contributed by atoms with Crippen LogP contribution in [0.15, 0.2) is 54.6 Å². The van der Waals surface area contributed by atoms with Crippen molar-refractivity contribution in [2.45, 2.75) is 45.2 Å². The number of rotatable bonds is 10. The fraction of sp³-hybridized carbons (Fsp3) is 0.409. The van der Waals surface area contributed by atoms with Crippen LogP contribution in [0.25, 0.3) is 0 Å². The topological polar surface area (TPSA) is 75.7 Å². The van der Waals surface area contributed by atoms with Crippen LogP contribution >= 0.6 is 0 Å². The molecule has 0 heterocycles. The van der Waals surface area contributed by atoms with Gasteiger partial charge < -0.3 is 10.1 Å². The van der Waals surface area contributed by atoms with Crippen LogP contribution in [0, 0.1) is 0 Å². The van der Waals surface area contributed by atoms with Gasteiger partial charge in [-0.3, -0.25) is 9.10 Å². The smallest absolute Gasteiger partial charge is 0.244 e. The van der Waals surface area contributed by atoms with E-state index in [9.17, 15) is 13.2 Å². The second-order valence-electron chi connectivity index (χ2n) is 7.12. The van der Waals surface area contributed by atoms with Crippen LogP contribution in [-0.2, 0) is 21.2 Å². The van der Waals surface area contributed by atoms with Gasteiger partial charge in [0.25, 0.3) is 0 Å². The maximum absolute atomic E-state index is 13.0. The highest BCUT2D eigenvalue weighted by molar-refractivity contribution is 7.92. The predicted octanol–water partition coefficient (Wildman–Crippen LogP) is 3.38. The molecule has 0 bridgehead atoms. The maximum Gasteiger partial charge on any atom is 0.244 e. The van der Waals surface area contributed by atoms with Gasteiger partial charge in [0.1, 0.15) is 11.8 Å². The summed E-state index contributed by atoms with van der Waals surface area (Å²) in [5.74, 6) is 0.226. The van der Waals surface area contributed by atoms with Crippen molar-refractivity contribution in [1.29, 1.82) is 0 Å². The number of hydrogen-bond acceptors (Lipinski definition) is 4. The van der Waals surface area contributed by atoms with Crippen molar-refractivity contribution in [1.82, 2.24) is 5.32 Å². The van der Waals surface area contributed by atoms with E-state index in [-0.39, 0.29) is 11.9 Å². The Hall–Kier alpha value is -2.54. The molecule has 0 radical (unpaired) electrons. The molecule has 0 fully saturated rings. The van der Waals surface area contributed by atoms with Gasteiger partial charge in [0.2, 0.25) is 15.9 Å². The van der Waals surface area contributed by atoms with Gasteiger partial charge in [-0.05, 0) is 43.9 Å². The number of carbonyl (C=O) groups is 1. The zero-order chi connectivity index (χ0) is 21.4. The highest BCUT2D eigenvalue weighted by atomic mass is 32.2. The third-order valence-electron chi connectivity index (χ3n) is 4.74. The van der Waals surface area contributed by atoms with Crippen LogP contribution in [0.1, 0.15) is 32.3 Å². The average Bonchev–Trinajstić information content (AvgIpc) is 2.70. The molecule has 0 aliphatic carbocycles. The first kappa shape index (κ1) is 22.7. The Morgan fingerprint density at radius 2 is 1.83 bits per heavy atom. The molecule has 0 spiro atoms. The van der Waals surface area contributed by atoms with Gasteiger partial charge >= 0.3 is 0 Å². The molecular formula is C22H30N2O4S. The second kappa shape index (κ2) is 10.3. The lowest BCUT2D eigenvalue weighted by Gasteiger charge is -2.31. The van der Waals surface area contributed by atoms with E-state index in [1.807, 2.05) is 25.1 Å². The average molecular weight is 419 g/mol. The highest BCUT2D eigenvalue weighted by Crippen LogP contribution is 2.26. The van der Waals surface area contributed by atoms with Crippen molar-refractivity contribution < 1.29 is 17.9 Å². The minimum absolute atomic E-state index is 0.0801. The molecule has 1 N–H and O–H groups in total. The van der Waals surface area contributed by atoms with Crippen LogP contribution in [0.5, 0.6) is 5.75 Å². The Balaban J connectivity index is 2.15. The van der Waals surface area contributed by atoms with Crippen molar-refractivity contribution in [2.24, 2.45) is 0 Å². The minimum Gasteiger partial charge on any atom is -0.497 e. The van der Waals surface area contributed by atoms with Crippen LogP contribution in [0.3, 0.4) is 0 Å². The molecule has 158 valence electrons. The number of hydrogen-bond donors (Lipinski definition) is 1. The molecule has 2 rings (SSSR count). The van der Waals surface area contributed by atoms with E-state index in [1.165, 1.54) is 17.0 Å². The normalized spacial score (nSPS) is 13.4. The van der Waals surface area contributed by atoms with Gasteiger partial charge in [-0.15, -0.1) is 0 Å². The largest absolute Gasteiger partial charge is 0.497 e. The summed E-state index contributed by atoms with van der Waals surface area (Å²) in [5.41, 5.74) is 1.61. The number of nitrogens with one attached hydrogen (secondary N) is 1. The number of nitrogens with zero attached hydrogens (tertiary/aromatic N) is 1. The molecule has 0 unspecified atom stereocenters. The van der Waals surface area contributed by atoms with E-state index in [0.29, 0.717) is 17.9 Å². The number of carbonyl (C=O) groups excluding carboxylic acids is 1. The van der Waals surface area contributed by atoms with Gasteiger partial charge in [-0.25, -0.2) is 8.42 Å². The van der Waals surface area contributed by atoms with Crippen LogP contribution in [0.2, 0.25) is 0 Å². The zero-order valence-electron chi connectivity index (χ0n) is 17.5. The standard InChI is InChI=1S/C22H30N2O4S/c1-5-21(22(25)23-17(2)14-15-18-10-7-6-8-11-18)24(29(4,26)27)19-12-9-13-20(16-19)28-3/h6-13,16-17,21H,5,14-15H2,1-4H3,(H,23,25)/t17-,21-/m0/s1. The summed E-state index contributed by atoms with van der Waals surface area (Å²) >= 11 is 0. The van der Waals surface area contributed by atoms with E-state index >= 15 is 0 Å². The Morgan fingerprint density at radius 1 is 1.14 bits per heavy atom. The first-order valence-electron chi connectivity index (χ1n) is 9.74. The summed E-state index contributed by atoms with van der Waals surface area (Å²) in [4.78, 5) is 13.0. The van der Waals surface area contributed by atoms with E-state index in [1.54, 1.807) is 31.2 Å². The molecule has 1 amide bonds. The molecule has 0 aliphatic rings. The third kappa shape index (κ3) is 6.49. The van der Waals surface area contributed by atoms with E-state index < -0.39 is 16.1 Å². The van der Waals surface area contributed by atoms with Gasteiger partial charge in [0.05, 0.1) is 19.1 Å². The predicted molar refractivity (Wildman–Crippen MR) is 117 cm³/mol. The molecule has 2 aromatic rings. The summed E-state index contributed by atoms with van der Waals surface area (Å²) in [5, 5.41) is 2.98. The zero-order valence-corrected chi connectivity index (χ0v) is 18.3. The quantitative estimate of drug-likeness (QED) is 0.642.